The monoisotopic (exact) mass is 245 g/mol. The summed E-state index contributed by atoms with van der Waals surface area (Å²) in [5, 5.41) is 0. The molecule has 4 nitrogen and oxygen atoms in total. The molecule has 2 N–H and O–H groups in total. The number of rotatable bonds is 4. The SMILES string of the molecule is COc1cc(N)ccc1Cn1ccnc1C(C)C. The summed E-state index contributed by atoms with van der Waals surface area (Å²) in [7, 11) is 1.66. The molecule has 0 radical (unpaired) electrons. The summed E-state index contributed by atoms with van der Waals surface area (Å²) in [4.78, 5) is 4.38. The third-order valence-electron chi connectivity index (χ3n) is 2.92. The maximum absolute atomic E-state index is 5.76. The van der Waals surface area contributed by atoms with E-state index in [-0.39, 0.29) is 0 Å². The van der Waals surface area contributed by atoms with Gasteiger partial charge in [0.05, 0.1) is 13.7 Å². The van der Waals surface area contributed by atoms with Crippen LogP contribution in [-0.4, -0.2) is 16.7 Å². The van der Waals surface area contributed by atoms with Crippen molar-refractivity contribution in [3.8, 4) is 5.75 Å². The first-order valence-corrected chi connectivity index (χ1v) is 6.05. The lowest BCUT2D eigenvalue weighted by Crippen LogP contribution is -2.07. The molecule has 2 aromatic rings. The average molecular weight is 245 g/mol. The van der Waals surface area contributed by atoms with Crippen LogP contribution in [0.2, 0.25) is 0 Å². The van der Waals surface area contributed by atoms with Gasteiger partial charge < -0.3 is 15.0 Å². The van der Waals surface area contributed by atoms with E-state index in [1.165, 1.54) is 0 Å². The molecule has 0 fully saturated rings. The molecule has 0 bridgehead atoms. The van der Waals surface area contributed by atoms with Gasteiger partial charge in [-0.1, -0.05) is 19.9 Å². The van der Waals surface area contributed by atoms with Crippen LogP contribution in [0.25, 0.3) is 0 Å². The van der Waals surface area contributed by atoms with E-state index in [4.69, 9.17) is 10.5 Å². The number of anilines is 1. The van der Waals surface area contributed by atoms with Crippen LogP contribution < -0.4 is 10.5 Å². The molecule has 0 aliphatic carbocycles. The number of nitrogens with two attached hydrogens (primary N) is 1. The quantitative estimate of drug-likeness (QED) is 0.842. The minimum absolute atomic E-state index is 0.403. The Bertz CT molecular complexity index is 532. The van der Waals surface area contributed by atoms with Crippen molar-refractivity contribution in [2.24, 2.45) is 0 Å². The highest BCUT2D eigenvalue weighted by molar-refractivity contribution is 5.48. The van der Waals surface area contributed by atoms with Crippen LogP contribution in [0.5, 0.6) is 5.75 Å². The Kier molecular flexibility index (Phi) is 3.55. The van der Waals surface area contributed by atoms with E-state index in [2.05, 4.69) is 23.4 Å². The number of benzene rings is 1. The molecule has 18 heavy (non-hydrogen) atoms. The zero-order valence-corrected chi connectivity index (χ0v) is 11.1. The van der Waals surface area contributed by atoms with E-state index >= 15 is 0 Å². The maximum Gasteiger partial charge on any atom is 0.125 e. The predicted molar refractivity (Wildman–Crippen MR) is 72.8 cm³/mol. The smallest absolute Gasteiger partial charge is 0.125 e. The molecule has 0 aliphatic heterocycles. The second-order valence-electron chi connectivity index (χ2n) is 4.64. The number of ether oxygens (including phenoxy) is 1. The van der Waals surface area contributed by atoms with Crippen molar-refractivity contribution < 1.29 is 4.74 Å². The number of hydrogen-bond acceptors (Lipinski definition) is 3. The molecule has 0 aliphatic rings. The van der Waals surface area contributed by atoms with Crippen molar-refractivity contribution in [3.05, 3.63) is 42.0 Å². The largest absolute Gasteiger partial charge is 0.496 e. The van der Waals surface area contributed by atoms with Gasteiger partial charge in [0.15, 0.2) is 0 Å². The topological polar surface area (TPSA) is 53.1 Å². The highest BCUT2D eigenvalue weighted by Gasteiger charge is 2.10. The lowest BCUT2D eigenvalue weighted by Gasteiger charge is -2.13. The van der Waals surface area contributed by atoms with E-state index in [9.17, 15) is 0 Å². The Morgan fingerprint density at radius 3 is 2.83 bits per heavy atom. The summed E-state index contributed by atoms with van der Waals surface area (Å²) in [5.41, 5.74) is 7.57. The minimum Gasteiger partial charge on any atom is -0.496 e. The molecule has 96 valence electrons. The highest BCUT2D eigenvalue weighted by Crippen LogP contribution is 2.23. The Balaban J connectivity index is 2.31. The third kappa shape index (κ3) is 2.47. The predicted octanol–water partition coefficient (Wildman–Crippen LogP) is 2.65. The van der Waals surface area contributed by atoms with Crippen molar-refractivity contribution in [1.29, 1.82) is 0 Å². The van der Waals surface area contributed by atoms with E-state index in [0.717, 1.165) is 23.7 Å². The molecule has 0 unspecified atom stereocenters. The van der Waals surface area contributed by atoms with Crippen LogP contribution in [0, 0.1) is 0 Å². The van der Waals surface area contributed by atoms with E-state index in [1.807, 2.05) is 30.6 Å². The molecule has 0 atom stereocenters. The number of hydrogen-bond donors (Lipinski definition) is 1. The fourth-order valence-corrected chi connectivity index (χ4v) is 2.03. The Morgan fingerprint density at radius 1 is 1.39 bits per heavy atom. The number of nitrogen functional groups attached to an aromatic ring is 1. The van der Waals surface area contributed by atoms with Crippen LogP contribution in [0.1, 0.15) is 31.2 Å². The van der Waals surface area contributed by atoms with E-state index in [1.54, 1.807) is 7.11 Å². The third-order valence-corrected chi connectivity index (χ3v) is 2.92. The lowest BCUT2D eigenvalue weighted by atomic mass is 10.1. The van der Waals surface area contributed by atoms with Gasteiger partial charge in [-0.05, 0) is 6.07 Å². The van der Waals surface area contributed by atoms with E-state index in [0.29, 0.717) is 11.6 Å². The molecule has 1 aromatic heterocycles. The van der Waals surface area contributed by atoms with Crippen LogP contribution in [-0.2, 0) is 6.54 Å². The van der Waals surface area contributed by atoms with Crippen molar-refractivity contribution >= 4 is 5.69 Å². The Hall–Kier alpha value is -1.97. The molecule has 1 aromatic carbocycles. The van der Waals surface area contributed by atoms with Crippen LogP contribution in [0.4, 0.5) is 5.69 Å². The summed E-state index contributed by atoms with van der Waals surface area (Å²) in [6.45, 7) is 5.02. The zero-order valence-electron chi connectivity index (χ0n) is 11.1. The van der Waals surface area contributed by atoms with Gasteiger partial charge in [0.2, 0.25) is 0 Å². The molecular formula is C14H19N3O. The van der Waals surface area contributed by atoms with Gasteiger partial charge in [0.1, 0.15) is 11.6 Å². The lowest BCUT2D eigenvalue weighted by molar-refractivity contribution is 0.408. The Morgan fingerprint density at radius 2 is 2.17 bits per heavy atom. The van der Waals surface area contributed by atoms with Gasteiger partial charge in [-0.3, -0.25) is 0 Å². The fraction of sp³-hybridized carbons (Fsp3) is 0.357. The summed E-state index contributed by atoms with van der Waals surface area (Å²) >= 11 is 0. The fourth-order valence-electron chi connectivity index (χ4n) is 2.03. The van der Waals surface area contributed by atoms with Gasteiger partial charge in [-0.2, -0.15) is 0 Å². The molecule has 0 spiro atoms. The molecule has 0 saturated carbocycles. The zero-order chi connectivity index (χ0) is 13.1. The normalized spacial score (nSPS) is 10.9. The Labute approximate surface area is 107 Å². The average Bonchev–Trinajstić information content (AvgIpc) is 2.79. The minimum atomic E-state index is 0.403. The standard InChI is InChI=1S/C14H19N3O/c1-10(2)14-16-6-7-17(14)9-11-4-5-12(15)8-13(11)18-3/h4-8,10H,9,15H2,1-3H3. The van der Waals surface area contributed by atoms with Crippen LogP contribution in [0.3, 0.4) is 0 Å². The van der Waals surface area contributed by atoms with Gasteiger partial charge in [-0.25, -0.2) is 4.98 Å². The summed E-state index contributed by atoms with van der Waals surface area (Å²) in [6, 6.07) is 5.74. The highest BCUT2D eigenvalue weighted by atomic mass is 16.5. The van der Waals surface area contributed by atoms with Crippen LogP contribution >= 0.6 is 0 Å². The number of nitrogens with zero attached hydrogens (tertiary/aromatic N) is 2. The molecule has 2 rings (SSSR count). The first-order chi connectivity index (χ1) is 8.61. The van der Waals surface area contributed by atoms with Crippen molar-refractivity contribution in [3.63, 3.8) is 0 Å². The van der Waals surface area contributed by atoms with E-state index < -0.39 is 0 Å². The first-order valence-electron chi connectivity index (χ1n) is 6.05. The second-order valence-corrected chi connectivity index (χ2v) is 4.64. The number of aromatic nitrogens is 2. The molecule has 1 heterocycles. The van der Waals surface area contributed by atoms with Crippen LogP contribution in [0.15, 0.2) is 30.6 Å². The van der Waals surface area contributed by atoms with Gasteiger partial charge >= 0.3 is 0 Å². The van der Waals surface area contributed by atoms with Crippen molar-refractivity contribution in [2.75, 3.05) is 12.8 Å². The molecule has 0 saturated heterocycles. The molecular weight excluding hydrogens is 226 g/mol. The maximum atomic E-state index is 5.76. The van der Waals surface area contributed by atoms with Crippen molar-refractivity contribution in [1.82, 2.24) is 9.55 Å². The molecule has 0 amide bonds. The molecule has 4 heteroatoms. The number of methoxy groups -OCH3 is 1. The number of imidazole rings is 1. The van der Waals surface area contributed by atoms with Crippen molar-refractivity contribution in [2.45, 2.75) is 26.3 Å². The second kappa shape index (κ2) is 5.12. The summed E-state index contributed by atoms with van der Waals surface area (Å²) in [5.74, 6) is 2.30. The first kappa shape index (κ1) is 12.5. The summed E-state index contributed by atoms with van der Waals surface area (Å²) < 4.78 is 7.50. The van der Waals surface area contributed by atoms with Gasteiger partial charge in [-0.15, -0.1) is 0 Å². The van der Waals surface area contributed by atoms with Gasteiger partial charge in [0, 0.05) is 35.6 Å². The van der Waals surface area contributed by atoms with Gasteiger partial charge in [0.25, 0.3) is 0 Å². The summed E-state index contributed by atoms with van der Waals surface area (Å²) in [6.07, 6.45) is 3.82.